The fraction of sp³-hybridized carbons (Fsp3) is 0.333. The molecule has 2 rings (SSSR count). The molecule has 4 heteroatoms. The molecule has 0 spiro atoms. The molecule has 0 bridgehead atoms. The van der Waals surface area contributed by atoms with Crippen LogP contribution in [-0.2, 0) is 9.53 Å². The smallest absolute Gasteiger partial charge is 0.302 e. The van der Waals surface area contributed by atoms with Gasteiger partial charge in [0.15, 0.2) is 5.78 Å². The topological polar surface area (TPSA) is 52.6 Å². The lowest BCUT2D eigenvalue weighted by molar-refractivity contribution is -0.137. The van der Waals surface area contributed by atoms with Crippen molar-refractivity contribution in [2.24, 2.45) is 0 Å². The van der Waals surface area contributed by atoms with Crippen LogP contribution in [0.4, 0.5) is 0 Å². The van der Waals surface area contributed by atoms with Gasteiger partial charge in [-0.1, -0.05) is 69.8 Å². The summed E-state index contributed by atoms with van der Waals surface area (Å²) in [4.78, 5) is 20.2. The lowest BCUT2D eigenvalue weighted by atomic mass is 10.2. The van der Waals surface area contributed by atoms with Crippen molar-refractivity contribution in [3.8, 4) is 5.75 Å². The van der Waals surface area contributed by atoms with Crippen LogP contribution in [0.15, 0.2) is 60.7 Å². The summed E-state index contributed by atoms with van der Waals surface area (Å²) in [6.45, 7) is 6.93. The van der Waals surface area contributed by atoms with Gasteiger partial charge in [0.1, 0.15) is 5.75 Å². The molecule has 4 nitrogen and oxygen atoms in total. The van der Waals surface area contributed by atoms with Gasteiger partial charge < -0.3 is 9.47 Å². The lowest BCUT2D eigenvalue weighted by Gasteiger charge is -1.93. The Kier molecular flexibility index (Phi) is 21.2. The van der Waals surface area contributed by atoms with Gasteiger partial charge >= 0.3 is 5.97 Å². The number of benzene rings is 2. The molecule has 0 saturated heterocycles. The molecule has 0 radical (unpaired) electrons. The second-order valence-corrected chi connectivity index (χ2v) is 4.14. The maximum Gasteiger partial charge on any atom is 0.302 e. The van der Waals surface area contributed by atoms with Crippen molar-refractivity contribution in [2.45, 2.75) is 35.1 Å². The quantitative estimate of drug-likeness (QED) is 0.537. The number of hydrogen-bond donors (Lipinski definition) is 0. The third-order valence-electron chi connectivity index (χ3n) is 2.45. The number of carbonyl (C=O) groups excluding carboxylic acids is 2. The van der Waals surface area contributed by atoms with Gasteiger partial charge in [0.25, 0.3) is 0 Å². The van der Waals surface area contributed by atoms with Crippen LogP contribution in [0.3, 0.4) is 0 Å². The Balaban J connectivity index is -0.000000281. The highest BCUT2D eigenvalue weighted by Crippen LogP contribution is 2.05. The third kappa shape index (κ3) is 17.6. The second-order valence-electron chi connectivity index (χ2n) is 4.14. The van der Waals surface area contributed by atoms with Crippen molar-refractivity contribution >= 4 is 11.8 Å². The fourth-order valence-corrected chi connectivity index (χ4v) is 1.23. The maximum absolute atomic E-state index is 10.6. The Morgan fingerprint density at radius 2 is 1.12 bits per heavy atom. The van der Waals surface area contributed by atoms with Crippen LogP contribution in [0.1, 0.15) is 45.5 Å². The van der Waals surface area contributed by atoms with Crippen LogP contribution < -0.4 is 4.74 Å². The van der Waals surface area contributed by atoms with Crippen molar-refractivity contribution in [3.05, 3.63) is 66.2 Å². The van der Waals surface area contributed by atoms with Crippen LogP contribution in [0.5, 0.6) is 5.75 Å². The Morgan fingerprint density at radius 3 is 1.32 bits per heavy atom. The first kappa shape index (κ1) is 27.2. The van der Waals surface area contributed by atoms with Gasteiger partial charge in [0.2, 0.25) is 0 Å². The number of para-hydroxylation sites is 1. The molecule has 0 amide bonds. The average molecular weight is 348 g/mol. The van der Waals surface area contributed by atoms with Crippen LogP contribution >= 0.6 is 0 Å². The molecular formula is C21H32O4. The minimum Gasteiger partial charge on any atom is -0.497 e. The van der Waals surface area contributed by atoms with E-state index in [1.807, 2.05) is 74.5 Å². The van der Waals surface area contributed by atoms with E-state index in [9.17, 15) is 9.59 Å². The average Bonchev–Trinajstić information content (AvgIpc) is 2.65. The van der Waals surface area contributed by atoms with Crippen LogP contribution in [-0.4, -0.2) is 26.0 Å². The van der Waals surface area contributed by atoms with Crippen LogP contribution in [0.25, 0.3) is 0 Å². The number of hydrogen-bond acceptors (Lipinski definition) is 4. The Hall–Kier alpha value is -2.62. The zero-order valence-corrected chi connectivity index (χ0v) is 15.4. The predicted octanol–water partition coefficient (Wildman–Crippen LogP) is 5.43. The van der Waals surface area contributed by atoms with Gasteiger partial charge in [0.05, 0.1) is 14.2 Å². The number of Topliss-reactive ketones (excluding diaryl/α,β-unsaturated/α-hetero) is 1. The largest absolute Gasteiger partial charge is 0.497 e. The molecule has 0 heterocycles. The highest BCUT2D eigenvalue weighted by molar-refractivity contribution is 5.93. The normalized spacial score (nSPS) is 7.60. The monoisotopic (exact) mass is 348 g/mol. The summed E-state index contributed by atoms with van der Waals surface area (Å²) in [5, 5.41) is 0. The molecular weight excluding hydrogens is 316 g/mol. The predicted molar refractivity (Wildman–Crippen MR) is 105 cm³/mol. The first-order chi connectivity index (χ1) is 11.5. The van der Waals surface area contributed by atoms with Crippen molar-refractivity contribution in [3.63, 3.8) is 0 Å². The molecule has 2 aromatic rings. The van der Waals surface area contributed by atoms with E-state index in [1.165, 1.54) is 14.0 Å². The standard InChI is InChI=1S/C8H8O.C7H8O.C3H6O2.C2H6.CH4/c1-7(9)8-5-3-2-4-6-8;1-8-7-5-3-2-4-6-7;1-3(4)5-2;1-2;/h2-6H,1H3;2-6H,1H3;1-2H3;1-2H3;1H4. The summed E-state index contributed by atoms with van der Waals surface area (Å²) in [6.07, 6.45) is 0. The molecule has 0 unspecified atom stereocenters. The van der Waals surface area contributed by atoms with E-state index >= 15 is 0 Å². The summed E-state index contributed by atoms with van der Waals surface area (Å²) >= 11 is 0. The number of carbonyl (C=O) groups is 2. The SMILES string of the molecule is C.CC.CC(=O)c1ccccc1.COC(C)=O.COc1ccccc1. The molecule has 0 aliphatic heterocycles. The zero-order valence-electron chi connectivity index (χ0n) is 15.4. The number of ether oxygens (including phenoxy) is 2. The minimum absolute atomic E-state index is 0. The highest BCUT2D eigenvalue weighted by atomic mass is 16.5. The number of rotatable bonds is 2. The minimum atomic E-state index is -0.245. The molecule has 140 valence electrons. The molecule has 0 aliphatic rings. The van der Waals surface area contributed by atoms with Gasteiger partial charge in [-0.15, -0.1) is 0 Å². The fourth-order valence-electron chi connectivity index (χ4n) is 1.23. The first-order valence-electron chi connectivity index (χ1n) is 7.70. The van der Waals surface area contributed by atoms with E-state index in [1.54, 1.807) is 14.0 Å². The summed E-state index contributed by atoms with van der Waals surface area (Å²) in [6, 6.07) is 18.9. The summed E-state index contributed by atoms with van der Waals surface area (Å²) in [7, 11) is 3.01. The highest BCUT2D eigenvalue weighted by Gasteiger charge is 1.92. The van der Waals surface area contributed by atoms with Crippen LogP contribution in [0.2, 0.25) is 0 Å². The lowest BCUT2D eigenvalue weighted by Crippen LogP contribution is -1.88. The van der Waals surface area contributed by atoms with Crippen molar-refractivity contribution in [1.29, 1.82) is 0 Å². The number of esters is 1. The summed E-state index contributed by atoms with van der Waals surface area (Å²) in [5.41, 5.74) is 0.775. The van der Waals surface area contributed by atoms with E-state index < -0.39 is 0 Å². The van der Waals surface area contributed by atoms with Gasteiger partial charge in [-0.05, 0) is 19.1 Å². The Labute approximate surface area is 152 Å². The number of ketones is 1. The van der Waals surface area contributed by atoms with E-state index in [2.05, 4.69) is 4.74 Å². The molecule has 0 aliphatic carbocycles. The summed E-state index contributed by atoms with van der Waals surface area (Å²) in [5.74, 6) is 0.785. The van der Waals surface area contributed by atoms with E-state index in [-0.39, 0.29) is 19.2 Å². The van der Waals surface area contributed by atoms with E-state index in [4.69, 9.17) is 4.74 Å². The van der Waals surface area contributed by atoms with Crippen LogP contribution in [0, 0.1) is 0 Å². The molecule has 0 fully saturated rings. The maximum atomic E-state index is 10.6. The van der Waals surface area contributed by atoms with E-state index in [0.29, 0.717) is 0 Å². The Bertz CT molecular complexity index is 536. The molecule has 2 aromatic carbocycles. The van der Waals surface area contributed by atoms with Crippen molar-refractivity contribution < 1.29 is 19.1 Å². The molecule has 0 aromatic heterocycles. The Morgan fingerprint density at radius 1 is 0.760 bits per heavy atom. The first-order valence-corrected chi connectivity index (χ1v) is 7.70. The third-order valence-corrected chi connectivity index (χ3v) is 2.45. The summed E-state index contributed by atoms with van der Waals surface area (Å²) < 4.78 is 9.03. The van der Waals surface area contributed by atoms with Crippen molar-refractivity contribution in [2.75, 3.05) is 14.2 Å². The number of methoxy groups -OCH3 is 2. The molecule has 0 atom stereocenters. The molecule has 0 saturated carbocycles. The molecule has 25 heavy (non-hydrogen) atoms. The van der Waals surface area contributed by atoms with Gasteiger partial charge in [-0.25, -0.2) is 0 Å². The zero-order chi connectivity index (χ0) is 18.8. The van der Waals surface area contributed by atoms with Gasteiger partial charge in [-0.3, -0.25) is 9.59 Å². The van der Waals surface area contributed by atoms with Crippen molar-refractivity contribution in [1.82, 2.24) is 0 Å². The van der Waals surface area contributed by atoms with Gasteiger partial charge in [0, 0.05) is 12.5 Å². The van der Waals surface area contributed by atoms with Gasteiger partial charge in [-0.2, -0.15) is 0 Å². The molecule has 0 N–H and O–H groups in total. The van der Waals surface area contributed by atoms with E-state index in [0.717, 1.165) is 11.3 Å². The second kappa shape index (κ2) is 19.4.